The lowest BCUT2D eigenvalue weighted by atomic mass is 9.73. The molecule has 2 aliphatic carbocycles. The van der Waals surface area contributed by atoms with Crippen molar-refractivity contribution in [2.75, 3.05) is 19.5 Å². The molecule has 9 nitrogen and oxygen atoms in total. The Morgan fingerprint density at radius 2 is 1.83 bits per heavy atom. The Labute approximate surface area is 350 Å². The molecule has 0 bridgehead atoms. The number of allylic oxidation sites excluding steroid dienone is 1. The number of aliphatic imine (C=N–C) groups is 1. The van der Waals surface area contributed by atoms with E-state index in [9.17, 15) is 24.9 Å². The lowest BCUT2D eigenvalue weighted by molar-refractivity contribution is -0.130. The molecule has 8 atom stereocenters. The van der Waals surface area contributed by atoms with Crippen molar-refractivity contribution >= 4 is 23.6 Å². The highest BCUT2D eigenvalue weighted by Crippen LogP contribution is 2.45. The standard InChI is InChI=1S/C50H61N3O6/c1-4-10-43(46(56)28-40-25-39(31-53-40)32(2)11-8-9-20-54)38-23-34(21-33-18-19-52-50(51)24-33)22-36-15-17-42(35-12-6-5-7-13-35)44-30-48(58)49(59-3)27-37(44)14-16-41(55)29-47(57)45(36)26-38/h5-7,12-13,18-19,24-25,27,30-32,34,36,38,42-43,45-46,54,56H,4,8-11,14,16,20-23,26,28-29H2,1-3H3,(H2-,51,52,58)/p+1. The van der Waals surface area contributed by atoms with Crippen LogP contribution in [0, 0.1) is 53.3 Å². The molecule has 2 aromatic carbocycles. The first-order valence-electron chi connectivity index (χ1n) is 21.7. The molecule has 1 aliphatic heterocycles. The maximum absolute atomic E-state index is 14.6. The monoisotopic (exact) mass is 800 g/mol. The lowest BCUT2D eigenvalue weighted by Crippen LogP contribution is -2.32. The van der Waals surface area contributed by atoms with Gasteiger partial charge in [-0.3, -0.25) is 9.59 Å². The largest absolute Gasteiger partial charge is 0.504 e. The lowest BCUT2D eigenvalue weighted by Gasteiger charge is -2.32. The summed E-state index contributed by atoms with van der Waals surface area (Å²) in [5.74, 6) is 8.16. The number of ether oxygens (including phenoxy) is 1. The first-order valence-corrected chi connectivity index (χ1v) is 21.7. The van der Waals surface area contributed by atoms with E-state index in [-0.39, 0.29) is 60.4 Å². The van der Waals surface area contributed by atoms with Crippen LogP contribution in [0.4, 0.5) is 5.82 Å². The highest BCUT2D eigenvalue weighted by molar-refractivity contribution is 6.00. The van der Waals surface area contributed by atoms with Crippen LogP contribution in [0.25, 0.3) is 0 Å². The van der Waals surface area contributed by atoms with Crippen molar-refractivity contribution in [2.45, 2.75) is 109 Å². The zero-order valence-corrected chi connectivity index (χ0v) is 35.0. The van der Waals surface area contributed by atoms with Crippen molar-refractivity contribution < 1.29 is 29.6 Å². The smallest absolute Gasteiger partial charge is 0.177 e. The zero-order chi connectivity index (χ0) is 41.9. The molecule has 0 radical (unpaired) electrons. The third-order valence-electron chi connectivity index (χ3n) is 12.9. The number of aryl methyl sites for hydroxylation is 1. The predicted molar refractivity (Wildman–Crippen MR) is 233 cm³/mol. The van der Waals surface area contributed by atoms with Gasteiger partial charge in [0.2, 0.25) is 0 Å². The number of benzene rings is 2. The minimum Gasteiger partial charge on any atom is -0.504 e. The number of aromatic nitrogens is 1. The van der Waals surface area contributed by atoms with Gasteiger partial charge in [0.05, 0.1) is 32.0 Å². The summed E-state index contributed by atoms with van der Waals surface area (Å²) in [5.41, 5.74) is 10.7. The summed E-state index contributed by atoms with van der Waals surface area (Å²) in [7, 11) is 1.51. The van der Waals surface area contributed by atoms with E-state index in [0.717, 1.165) is 78.8 Å². The molecule has 6 rings (SSSR count). The Morgan fingerprint density at radius 1 is 1.02 bits per heavy atom. The van der Waals surface area contributed by atoms with E-state index >= 15 is 0 Å². The number of fused-ring (bicyclic) bond motifs is 2. The fourth-order valence-electron chi connectivity index (χ4n) is 9.74. The van der Waals surface area contributed by atoms with Crippen LogP contribution in [-0.2, 0) is 22.4 Å². The quantitative estimate of drug-likeness (QED) is 0.0517. The number of carbonyl (C=O) groups excluding carboxylic acids is 2. The molecule has 1 fully saturated rings. The van der Waals surface area contributed by atoms with E-state index in [1.807, 2.05) is 48.7 Å². The minimum atomic E-state index is -0.668. The normalized spacial score (nSPS) is 23.6. The van der Waals surface area contributed by atoms with Crippen LogP contribution in [0.2, 0.25) is 0 Å². The van der Waals surface area contributed by atoms with Gasteiger partial charge < -0.3 is 25.8 Å². The minimum absolute atomic E-state index is 0.000196. The van der Waals surface area contributed by atoms with Crippen LogP contribution in [-0.4, -0.2) is 57.9 Å². The number of phenols is 1. The first-order chi connectivity index (χ1) is 28.6. The van der Waals surface area contributed by atoms with Crippen molar-refractivity contribution in [1.29, 1.82) is 0 Å². The topological polar surface area (TPSA) is 155 Å². The molecule has 0 spiro atoms. The van der Waals surface area contributed by atoms with Crippen LogP contribution in [0.3, 0.4) is 0 Å². The van der Waals surface area contributed by atoms with Gasteiger partial charge in [0.1, 0.15) is 35.6 Å². The number of aliphatic hydroxyl groups excluding tert-OH is 2. The summed E-state index contributed by atoms with van der Waals surface area (Å²) in [6, 6.07) is 17.4. The number of ketones is 2. The zero-order valence-electron chi connectivity index (χ0n) is 35.0. The fourth-order valence-corrected chi connectivity index (χ4v) is 9.74. The Balaban J connectivity index is 1.38. The molecular weight excluding hydrogens is 739 g/mol. The number of hydrogen-bond donors (Lipinski definition) is 4. The predicted octanol–water partition coefficient (Wildman–Crippen LogP) is 8.39. The maximum atomic E-state index is 14.6. The van der Waals surface area contributed by atoms with Crippen molar-refractivity contribution in [3.63, 3.8) is 0 Å². The Kier molecular flexibility index (Phi) is 15.4. The number of methoxy groups -OCH3 is 1. The number of nitrogens with two attached hydrogens (primary N) is 1. The number of phenolic OH excluding ortho intramolecular Hbond substituents is 1. The molecule has 8 unspecified atom stereocenters. The van der Waals surface area contributed by atoms with E-state index < -0.39 is 17.9 Å². The number of rotatable bonds is 15. The summed E-state index contributed by atoms with van der Waals surface area (Å²) in [4.78, 5) is 37.3. The van der Waals surface area contributed by atoms with Crippen LogP contribution >= 0.6 is 0 Å². The summed E-state index contributed by atoms with van der Waals surface area (Å²) in [5, 5.41) is 32.4. The summed E-state index contributed by atoms with van der Waals surface area (Å²) in [6.45, 7) is 4.52. The molecule has 2 heterocycles. The second-order valence-electron chi connectivity index (χ2n) is 17.1. The van der Waals surface area contributed by atoms with E-state index in [4.69, 9.17) is 15.5 Å². The van der Waals surface area contributed by atoms with Crippen LogP contribution in [0.1, 0.15) is 113 Å². The number of anilines is 1. The van der Waals surface area contributed by atoms with Gasteiger partial charge in [0.15, 0.2) is 17.2 Å². The Hall–Kier alpha value is -4.91. The van der Waals surface area contributed by atoms with Gasteiger partial charge >= 0.3 is 0 Å². The SMILES string of the molecule is CCCC(C(O)CC1=C[C+](C(C)CCCCO)C=N1)C1CC(Cc2ccnc(N)c2)CC2C#CC(c3ccccc3)c3cc(O)c(OC)cc3CCC(=O)CC(=O)C2C1. The first kappa shape index (κ1) is 43.7. The second-order valence-corrected chi connectivity index (χ2v) is 17.1. The second kappa shape index (κ2) is 20.9. The average Bonchev–Trinajstić information content (AvgIpc) is 3.61. The number of aromatic hydroxyl groups is 1. The van der Waals surface area contributed by atoms with Crippen molar-refractivity contribution in [3.8, 4) is 23.3 Å². The van der Waals surface area contributed by atoms with E-state index in [1.54, 1.807) is 18.3 Å². The number of hydrogen-bond acceptors (Lipinski definition) is 9. The third kappa shape index (κ3) is 11.4. The van der Waals surface area contributed by atoms with Crippen molar-refractivity contribution in [3.05, 3.63) is 101 Å². The van der Waals surface area contributed by atoms with Crippen molar-refractivity contribution in [2.24, 2.45) is 40.5 Å². The van der Waals surface area contributed by atoms with E-state index in [0.29, 0.717) is 43.2 Å². The Morgan fingerprint density at radius 3 is 2.58 bits per heavy atom. The van der Waals surface area contributed by atoms with E-state index in [2.05, 4.69) is 36.7 Å². The Bertz CT molecular complexity index is 2020. The summed E-state index contributed by atoms with van der Waals surface area (Å²) >= 11 is 0. The van der Waals surface area contributed by atoms with Gasteiger partial charge in [0.25, 0.3) is 0 Å². The number of carbonyl (C=O) groups is 2. The van der Waals surface area contributed by atoms with E-state index in [1.165, 1.54) is 7.11 Å². The molecule has 312 valence electrons. The fraction of sp³-hybridized carbons (Fsp3) is 0.500. The highest BCUT2D eigenvalue weighted by Gasteiger charge is 2.42. The van der Waals surface area contributed by atoms with Crippen LogP contribution < -0.4 is 10.5 Å². The molecule has 1 saturated carbocycles. The molecule has 3 aromatic rings. The number of unbranched alkanes of at least 4 members (excludes halogenated alkanes) is 1. The van der Waals surface area contributed by atoms with Gasteiger partial charge in [-0.2, -0.15) is 0 Å². The van der Waals surface area contributed by atoms with Crippen LogP contribution in [0.15, 0.2) is 77.6 Å². The average molecular weight is 801 g/mol. The van der Waals surface area contributed by atoms with Gasteiger partial charge in [-0.05, 0) is 129 Å². The number of nitrogens with zero attached hydrogens (tertiary/aromatic N) is 2. The molecule has 3 aliphatic rings. The molecule has 9 heteroatoms. The van der Waals surface area contributed by atoms with Gasteiger partial charge in [-0.15, -0.1) is 4.99 Å². The van der Waals surface area contributed by atoms with Gasteiger partial charge in [0, 0.05) is 37.0 Å². The number of pyridine rings is 1. The molecule has 0 amide bonds. The molecular formula is C50H62N3O6+. The highest BCUT2D eigenvalue weighted by atomic mass is 16.5. The number of aliphatic hydroxyl groups is 2. The third-order valence-corrected chi connectivity index (χ3v) is 12.9. The van der Waals surface area contributed by atoms with Crippen molar-refractivity contribution in [1.82, 2.24) is 4.98 Å². The van der Waals surface area contributed by atoms with Gasteiger partial charge in [-0.1, -0.05) is 55.5 Å². The summed E-state index contributed by atoms with van der Waals surface area (Å²) < 4.78 is 5.48. The molecule has 59 heavy (non-hydrogen) atoms. The number of Topliss-reactive ketones (excluding diaryl/α,β-unsaturated/α-hetero) is 2. The summed E-state index contributed by atoms with van der Waals surface area (Å²) in [6.07, 6.45) is 13.0. The molecule has 1 aromatic heterocycles. The number of nitrogen functional groups attached to an aromatic ring is 1. The molecule has 0 saturated heterocycles. The maximum Gasteiger partial charge on any atom is 0.177 e. The molecule has 5 N–H and O–H groups in total. The van der Waals surface area contributed by atoms with Crippen LogP contribution in [0.5, 0.6) is 11.5 Å². The van der Waals surface area contributed by atoms with Gasteiger partial charge in [-0.25, -0.2) is 4.98 Å².